The largest absolute Gasteiger partial charge is 0.328 e. The van der Waals surface area contributed by atoms with Gasteiger partial charge in [0, 0.05) is 5.70 Å². The van der Waals surface area contributed by atoms with Crippen molar-refractivity contribution in [3.05, 3.63) is 36.1 Å². The molecule has 0 radical (unpaired) electrons. The van der Waals surface area contributed by atoms with Crippen LogP contribution in [0, 0.1) is 0 Å². The van der Waals surface area contributed by atoms with Crippen molar-refractivity contribution in [2.75, 3.05) is 0 Å². The molecule has 0 saturated carbocycles. The van der Waals surface area contributed by atoms with Crippen molar-refractivity contribution in [3.8, 4) is 0 Å². The van der Waals surface area contributed by atoms with E-state index in [4.69, 9.17) is 0 Å². The van der Waals surface area contributed by atoms with Gasteiger partial charge in [0.05, 0.1) is 0 Å². The van der Waals surface area contributed by atoms with Gasteiger partial charge in [0.15, 0.2) is 0 Å². The molecule has 0 aromatic rings. The molecule has 2 nitrogen and oxygen atoms in total. The van der Waals surface area contributed by atoms with Gasteiger partial charge in [0.2, 0.25) is 6.41 Å². The number of carbonyl (C=O) groups is 1. The fraction of sp³-hybridized carbons (Fsp3) is 0.533. The Labute approximate surface area is 109 Å². The van der Waals surface area contributed by atoms with Crippen LogP contribution in [0.2, 0.25) is 0 Å². The van der Waals surface area contributed by atoms with Crippen molar-refractivity contribution < 1.29 is 4.79 Å². The van der Waals surface area contributed by atoms with Crippen molar-refractivity contribution in [2.45, 2.75) is 55.4 Å². The normalized spacial score (nSPS) is 8.47. The molecule has 0 aromatic heterocycles. The zero-order chi connectivity index (χ0) is 14.9. The quantitative estimate of drug-likeness (QED) is 0.553. The Balaban J connectivity index is -0.000000121. The molecule has 17 heavy (non-hydrogen) atoms. The SMILES string of the molecule is C=C/C(C)=C(/NC=O)C(=C)C.CC.CC.CC. The van der Waals surface area contributed by atoms with Crippen LogP contribution < -0.4 is 5.32 Å². The lowest BCUT2D eigenvalue weighted by molar-refractivity contribution is -0.108. The van der Waals surface area contributed by atoms with Crippen molar-refractivity contribution in [1.29, 1.82) is 0 Å². The molecule has 0 spiro atoms. The number of nitrogens with one attached hydrogen (secondary N) is 1. The maximum absolute atomic E-state index is 10.1. The van der Waals surface area contributed by atoms with Gasteiger partial charge in [-0.2, -0.15) is 0 Å². The average molecular weight is 241 g/mol. The van der Waals surface area contributed by atoms with Gasteiger partial charge in [-0.05, 0) is 25.0 Å². The highest BCUT2D eigenvalue weighted by Gasteiger charge is 1.98. The van der Waals surface area contributed by atoms with Crippen LogP contribution in [0.1, 0.15) is 55.4 Å². The third kappa shape index (κ3) is 17.3. The highest BCUT2D eigenvalue weighted by atomic mass is 16.1. The third-order valence-electron chi connectivity index (χ3n) is 1.33. The third-order valence-corrected chi connectivity index (χ3v) is 1.33. The molecular formula is C15H31NO. The molecule has 0 bridgehead atoms. The lowest BCUT2D eigenvalue weighted by atomic mass is 10.1. The smallest absolute Gasteiger partial charge is 0.211 e. The molecule has 0 saturated heterocycles. The summed E-state index contributed by atoms with van der Waals surface area (Å²) < 4.78 is 0. The minimum absolute atomic E-state index is 0.636. The molecule has 0 aliphatic heterocycles. The van der Waals surface area contributed by atoms with Gasteiger partial charge < -0.3 is 5.32 Å². The van der Waals surface area contributed by atoms with E-state index in [1.54, 1.807) is 6.08 Å². The first-order valence-electron chi connectivity index (χ1n) is 6.32. The predicted molar refractivity (Wildman–Crippen MR) is 81.0 cm³/mol. The molecule has 0 aromatic carbocycles. The van der Waals surface area contributed by atoms with Gasteiger partial charge in [0.25, 0.3) is 0 Å². The van der Waals surface area contributed by atoms with E-state index in [1.807, 2.05) is 55.4 Å². The Morgan fingerprint density at radius 3 is 1.53 bits per heavy atom. The summed E-state index contributed by atoms with van der Waals surface area (Å²) in [5, 5.41) is 2.56. The summed E-state index contributed by atoms with van der Waals surface area (Å²) >= 11 is 0. The maximum Gasteiger partial charge on any atom is 0.211 e. The summed E-state index contributed by atoms with van der Waals surface area (Å²) in [5.41, 5.74) is 2.49. The maximum atomic E-state index is 10.1. The monoisotopic (exact) mass is 241 g/mol. The topological polar surface area (TPSA) is 29.1 Å². The molecule has 1 N–H and O–H groups in total. The van der Waals surface area contributed by atoms with Crippen LogP contribution >= 0.6 is 0 Å². The Morgan fingerprint density at radius 2 is 1.35 bits per heavy atom. The molecule has 0 atom stereocenters. The number of carbonyl (C=O) groups excluding carboxylic acids is 1. The van der Waals surface area contributed by atoms with Gasteiger partial charge in [0.1, 0.15) is 0 Å². The van der Waals surface area contributed by atoms with Crippen LogP contribution in [0.4, 0.5) is 0 Å². The van der Waals surface area contributed by atoms with Crippen molar-refractivity contribution >= 4 is 6.41 Å². The highest BCUT2D eigenvalue weighted by molar-refractivity contribution is 5.54. The summed E-state index contributed by atoms with van der Waals surface area (Å²) in [6, 6.07) is 0. The van der Waals surface area contributed by atoms with E-state index >= 15 is 0 Å². The zero-order valence-electron chi connectivity index (χ0n) is 13.0. The van der Waals surface area contributed by atoms with Crippen LogP contribution in [-0.4, -0.2) is 6.41 Å². The molecule has 0 aliphatic carbocycles. The van der Waals surface area contributed by atoms with Crippen LogP contribution in [0.5, 0.6) is 0 Å². The summed E-state index contributed by atoms with van der Waals surface area (Å²) in [6.07, 6.45) is 2.32. The number of rotatable bonds is 4. The van der Waals surface area contributed by atoms with E-state index in [2.05, 4.69) is 18.5 Å². The Kier molecular flexibility index (Phi) is 35.1. The van der Waals surface area contributed by atoms with Crippen molar-refractivity contribution in [3.63, 3.8) is 0 Å². The Morgan fingerprint density at radius 1 is 1.00 bits per heavy atom. The van der Waals surface area contributed by atoms with E-state index in [0.717, 1.165) is 16.8 Å². The number of hydrogen-bond acceptors (Lipinski definition) is 1. The van der Waals surface area contributed by atoms with Crippen LogP contribution in [0.15, 0.2) is 36.1 Å². The molecule has 0 rings (SSSR count). The molecular weight excluding hydrogens is 210 g/mol. The molecule has 0 fully saturated rings. The first-order valence-corrected chi connectivity index (χ1v) is 6.32. The minimum Gasteiger partial charge on any atom is -0.328 e. The van der Waals surface area contributed by atoms with Gasteiger partial charge in [-0.1, -0.05) is 60.8 Å². The van der Waals surface area contributed by atoms with Crippen LogP contribution in [0.3, 0.4) is 0 Å². The second-order valence-corrected chi connectivity index (χ2v) is 2.30. The highest BCUT2D eigenvalue weighted by Crippen LogP contribution is 2.08. The summed E-state index contributed by atoms with van der Waals surface area (Å²) in [4.78, 5) is 10.1. The second kappa shape index (κ2) is 24.1. The standard InChI is InChI=1S/C9H13NO.3C2H6/c1-5-8(4)9(7(2)3)10-6-11;3*1-2/h5-6H,1-2H2,3-4H3,(H,10,11);3*1-2H3/b9-8+;;;. The fourth-order valence-electron chi connectivity index (χ4n) is 0.735. The van der Waals surface area contributed by atoms with Crippen molar-refractivity contribution in [2.24, 2.45) is 0 Å². The molecule has 0 heterocycles. The van der Waals surface area contributed by atoms with E-state index in [-0.39, 0.29) is 0 Å². The Hall–Kier alpha value is -1.31. The lowest BCUT2D eigenvalue weighted by Gasteiger charge is -2.06. The molecule has 0 aliphatic rings. The fourth-order valence-corrected chi connectivity index (χ4v) is 0.735. The lowest BCUT2D eigenvalue weighted by Crippen LogP contribution is -2.12. The number of allylic oxidation sites excluding steroid dienone is 3. The first kappa shape index (κ1) is 24.8. The van der Waals surface area contributed by atoms with Crippen LogP contribution in [-0.2, 0) is 4.79 Å². The van der Waals surface area contributed by atoms with Crippen LogP contribution in [0.25, 0.3) is 0 Å². The molecule has 2 heteroatoms. The van der Waals surface area contributed by atoms with E-state index < -0.39 is 0 Å². The van der Waals surface area contributed by atoms with Gasteiger partial charge in [-0.15, -0.1) is 0 Å². The molecule has 1 amide bonds. The minimum atomic E-state index is 0.636. The number of hydrogen-bond donors (Lipinski definition) is 1. The van der Waals surface area contributed by atoms with E-state index in [0.29, 0.717) is 6.41 Å². The average Bonchev–Trinajstić information content (AvgIpc) is 2.41. The van der Waals surface area contributed by atoms with E-state index in [9.17, 15) is 4.79 Å². The second-order valence-electron chi connectivity index (χ2n) is 2.30. The number of amides is 1. The first-order chi connectivity index (χ1) is 8.13. The van der Waals surface area contributed by atoms with Gasteiger partial charge >= 0.3 is 0 Å². The predicted octanol–water partition coefficient (Wildman–Crippen LogP) is 4.85. The Bertz CT molecular complexity index is 215. The molecule has 0 unspecified atom stereocenters. The summed E-state index contributed by atoms with van der Waals surface area (Å²) in [6.45, 7) is 23.0. The van der Waals surface area contributed by atoms with Crippen molar-refractivity contribution in [1.82, 2.24) is 5.32 Å². The molecule has 102 valence electrons. The summed E-state index contributed by atoms with van der Waals surface area (Å²) in [7, 11) is 0. The van der Waals surface area contributed by atoms with Gasteiger partial charge in [-0.3, -0.25) is 4.79 Å². The summed E-state index contributed by atoms with van der Waals surface area (Å²) in [5.74, 6) is 0. The van der Waals surface area contributed by atoms with Gasteiger partial charge in [-0.25, -0.2) is 0 Å². The van der Waals surface area contributed by atoms with E-state index in [1.165, 1.54) is 0 Å². The zero-order valence-corrected chi connectivity index (χ0v) is 13.0.